The topological polar surface area (TPSA) is 98.7 Å². The van der Waals surface area contributed by atoms with Crippen molar-refractivity contribution in [3.05, 3.63) is 29.7 Å². The average molecular weight is 232 g/mol. The molecule has 0 spiro atoms. The number of anilines is 2. The molecule has 0 aromatic carbocycles. The van der Waals surface area contributed by atoms with Crippen LogP contribution in [0.2, 0.25) is 0 Å². The zero-order valence-electron chi connectivity index (χ0n) is 9.51. The molecule has 0 aliphatic carbocycles. The minimum absolute atomic E-state index is 0.293. The highest BCUT2D eigenvalue weighted by Gasteiger charge is 2.10. The van der Waals surface area contributed by atoms with Gasteiger partial charge in [0.2, 0.25) is 5.95 Å². The van der Waals surface area contributed by atoms with E-state index in [-0.39, 0.29) is 5.91 Å². The summed E-state index contributed by atoms with van der Waals surface area (Å²) in [5, 5.41) is 6.48. The molecule has 2 heterocycles. The fraction of sp³-hybridized carbons (Fsp3) is 0.200. The molecule has 0 atom stereocenters. The molecule has 17 heavy (non-hydrogen) atoms. The Morgan fingerprint density at radius 3 is 2.82 bits per heavy atom. The maximum atomic E-state index is 11.9. The molecule has 1 amide bonds. The van der Waals surface area contributed by atoms with E-state index in [2.05, 4.69) is 20.4 Å². The number of nitrogen functional groups attached to an aromatic ring is 1. The molecule has 0 fully saturated rings. The Morgan fingerprint density at radius 2 is 2.24 bits per heavy atom. The quantitative estimate of drug-likeness (QED) is 0.778. The molecule has 0 saturated carbocycles. The fourth-order valence-electron chi connectivity index (χ4n) is 1.41. The van der Waals surface area contributed by atoms with Crippen LogP contribution in [0.25, 0.3) is 0 Å². The summed E-state index contributed by atoms with van der Waals surface area (Å²) in [4.78, 5) is 19.8. The van der Waals surface area contributed by atoms with E-state index in [1.165, 1.54) is 17.1 Å². The van der Waals surface area contributed by atoms with E-state index in [1.807, 2.05) is 0 Å². The minimum Gasteiger partial charge on any atom is -0.384 e. The zero-order valence-corrected chi connectivity index (χ0v) is 9.51. The van der Waals surface area contributed by atoms with Gasteiger partial charge in [-0.1, -0.05) is 0 Å². The molecule has 88 valence electrons. The second kappa shape index (κ2) is 4.20. The average Bonchev–Trinajstić information content (AvgIpc) is 2.63. The van der Waals surface area contributed by atoms with Crippen molar-refractivity contribution in [1.29, 1.82) is 0 Å². The Morgan fingerprint density at radius 1 is 1.47 bits per heavy atom. The summed E-state index contributed by atoms with van der Waals surface area (Å²) >= 11 is 0. The smallest absolute Gasteiger partial charge is 0.258 e. The number of aromatic nitrogens is 4. The summed E-state index contributed by atoms with van der Waals surface area (Å²) in [6, 6.07) is 3.17. The van der Waals surface area contributed by atoms with Gasteiger partial charge in [0.25, 0.3) is 5.91 Å². The number of amides is 1. The van der Waals surface area contributed by atoms with Crippen molar-refractivity contribution in [1.82, 2.24) is 19.7 Å². The summed E-state index contributed by atoms with van der Waals surface area (Å²) in [6.07, 6.45) is 1.36. The van der Waals surface area contributed by atoms with Crippen molar-refractivity contribution in [3.8, 4) is 0 Å². The highest BCUT2D eigenvalue weighted by molar-refractivity contribution is 6.03. The van der Waals surface area contributed by atoms with E-state index in [1.54, 1.807) is 20.0 Å². The summed E-state index contributed by atoms with van der Waals surface area (Å²) in [5.74, 6) is 0.398. The first-order valence-electron chi connectivity index (χ1n) is 4.96. The van der Waals surface area contributed by atoms with Gasteiger partial charge in [-0.3, -0.25) is 10.1 Å². The largest absolute Gasteiger partial charge is 0.384 e. The third-order valence-electron chi connectivity index (χ3n) is 2.17. The summed E-state index contributed by atoms with van der Waals surface area (Å²) in [7, 11) is 1.69. The van der Waals surface area contributed by atoms with Gasteiger partial charge >= 0.3 is 0 Å². The molecule has 3 N–H and O–H groups in total. The van der Waals surface area contributed by atoms with E-state index < -0.39 is 0 Å². The summed E-state index contributed by atoms with van der Waals surface area (Å²) in [6.45, 7) is 1.77. The molecule has 0 aliphatic rings. The van der Waals surface area contributed by atoms with Crippen molar-refractivity contribution in [3.63, 3.8) is 0 Å². The van der Waals surface area contributed by atoms with E-state index in [0.717, 1.165) is 0 Å². The number of rotatable bonds is 2. The molecule has 0 bridgehead atoms. The molecule has 0 radical (unpaired) electrons. The number of hydrogen-bond donors (Lipinski definition) is 2. The van der Waals surface area contributed by atoms with Crippen LogP contribution in [0.3, 0.4) is 0 Å². The lowest BCUT2D eigenvalue weighted by molar-refractivity contribution is 0.102. The maximum absolute atomic E-state index is 11.9. The molecule has 2 aromatic heterocycles. The van der Waals surface area contributed by atoms with Crippen LogP contribution in [0.4, 0.5) is 11.8 Å². The Kier molecular flexibility index (Phi) is 2.73. The van der Waals surface area contributed by atoms with Crippen LogP contribution in [0.15, 0.2) is 18.5 Å². The molecule has 0 saturated heterocycles. The van der Waals surface area contributed by atoms with Gasteiger partial charge in [0.15, 0.2) is 0 Å². The molecule has 0 aliphatic heterocycles. The second-order valence-corrected chi connectivity index (χ2v) is 3.58. The van der Waals surface area contributed by atoms with Crippen LogP contribution in [0.5, 0.6) is 0 Å². The van der Waals surface area contributed by atoms with Crippen molar-refractivity contribution in [2.24, 2.45) is 7.05 Å². The van der Waals surface area contributed by atoms with Gasteiger partial charge < -0.3 is 5.73 Å². The molecule has 2 aromatic rings. The predicted octanol–water partition coefficient (Wildman–Crippen LogP) is 0.353. The lowest BCUT2D eigenvalue weighted by Crippen LogP contribution is -2.16. The van der Waals surface area contributed by atoms with Crippen LogP contribution in [0, 0.1) is 6.92 Å². The fourth-order valence-corrected chi connectivity index (χ4v) is 1.41. The number of carbonyl (C=O) groups excluding carboxylic acids is 1. The number of aryl methyl sites for hydroxylation is 2. The van der Waals surface area contributed by atoms with Gasteiger partial charge in [-0.15, -0.1) is 0 Å². The van der Waals surface area contributed by atoms with Gasteiger partial charge in [0.1, 0.15) is 12.1 Å². The van der Waals surface area contributed by atoms with Crippen LogP contribution in [-0.4, -0.2) is 25.7 Å². The molecule has 0 unspecified atom stereocenters. The van der Waals surface area contributed by atoms with Crippen LogP contribution >= 0.6 is 0 Å². The second-order valence-electron chi connectivity index (χ2n) is 3.58. The molecular weight excluding hydrogens is 220 g/mol. The zero-order chi connectivity index (χ0) is 12.4. The van der Waals surface area contributed by atoms with Crippen LogP contribution in [0.1, 0.15) is 16.1 Å². The lowest BCUT2D eigenvalue weighted by atomic mass is 10.2. The normalized spacial score (nSPS) is 10.2. The van der Waals surface area contributed by atoms with Crippen molar-refractivity contribution < 1.29 is 4.79 Å². The van der Waals surface area contributed by atoms with Crippen LogP contribution in [-0.2, 0) is 7.05 Å². The van der Waals surface area contributed by atoms with Gasteiger partial charge in [-0.05, 0) is 19.1 Å². The third-order valence-corrected chi connectivity index (χ3v) is 2.17. The minimum atomic E-state index is -0.293. The highest BCUT2D eigenvalue weighted by atomic mass is 16.1. The number of hydrogen-bond acceptors (Lipinski definition) is 5. The van der Waals surface area contributed by atoms with Crippen molar-refractivity contribution in [2.45, 2.75) is 6.92 Å². The van der Waals surface area contributed by atoms with Gasteiger partial charge in [0.05, 0.1) is 0 Å². The van der Waals surface area contributed by atoms with E-state index in [9.17, 15) is 4.79 Å². The third kappa shape index (κ3) is 2.39. The van der Waals surface area contributed by atoms with E-state index >= 15 is 0 Å². The van der Waals surface area contributed by atoms with Crippen molar-refractivity contribution in [2.75, 3.05) is 11.1 Å². The number of pyridine rings is 1. The van der Waals surface area contributed by atoms with Gasteiger partial charge in [-0.2, -0.15) is 10.1 Å². The summed E-state index contributed by atoms with van der Waals surface area (Å²) < 4.78 is 1.47. The number of nitrogens with zero attached hydrogens (tertiary/aromatic N) is 4. The van der Waals surface area contributed by atoms with E-state index in [4.69, 9.17) is 5.73 Å². The Hall–Kier alpha value is -2.44. The standard InChI is InChI=1S/C10H12N6O/c1-6-3-7(4-8(11)14-6)9(17)15-10-12-5-13-16(10)2/h3-5H,1-2H3,(H2,11,14)(H,12,13,15,17). The SMILES string of the molecule is Cc1cc(C(=O)Nc2ncnn2C)cc(N)n1. The molecule has 7 heteroatoms. The van der Waals surface area contributed by atoms with Gasteiger partial charge in [-0.25, -0.2) is 9.67 Å². The number of carbonyl (C=O) groups is 1. The van der Waals surface area contributed by atoms with Gasteiger partial charge in [0, 0.05) is 18.3 Å². The first-order valence-corrected chi connectivity index (χ1v) is 4.96. The lowest BCUT2D eigenvalue weighted by Gasteiger charge is -2.05. The first kappa shape index (κ1) is 11.1. The first-order chi connectivity index (χ1) is 8.06. The Bertz CT molecular complexity index is 541. The van der Waals surface area contributed by atoms with Crippen molar-refractivity contribution >= 4 is 17.7 Å². The predicted molar refractivity (Wildman–Crippen MR) is 62.3 cm³/mol. The monoisotopic (exact) mass is 232 g/mol. The summed E-state index contributed by atoms with van der Waals surface area (Å²) in [5.41, 5.74) is 6.71. The maximum Gasteiger partial charge on any atom is 0.258 e. The molecule has 7 nitrogen and oxygen atoms in total. The molecular formula is C10H12N6O. The number of nitrogens with two attached hydrogens (primary N) is 1. The molecule has 2 rings (SSSR count). The number of nitrogens with one attached hydrogen (secondary N) is 1. The Balaban J connectivity index is 2.23. The highest BCUT2D eigenvalue weighted by Crippen LogP contribution is 2.09. The van der Waals surface area contributed by atoms with E-state index in [0.29, 0.717) is 23.0 Å². The van der Waals surface area contributed by atoms with Crippen LogP contribution < -0.4 is 11.1 Å². The Labute approximate surface area is 97.7 Å².